The number of hydrogen-bond acceptors (Lipinski definition) is 5. The van der Waals surface area contributed by atoms with Crippen molar-refractivity contribution in [1.29, 1.82) is 5.26 Å². The van der Waals surface area contributed by atoms with E-state index in [2.05, 4.69) is 5.32 Å². The zero-order valence-corrected chi connectivity index (χ0v) is 12.4. The second-order valence-electron chi connectivity index (χ2n) is 4.01. The van der Waals surface area contributed by atoms with Crippen LogP contribution in [0.3, 0.4) is 0 Å². The van der Waals surface area contributed by atoms with Gasteiger partial charge in [-0.2, -0.15) is 5.26 Å². The number of imide groups is 1. The smallest absolute Gasteiger partial charge is 0.277 e. The van der Waals surface area contributed by atoms with Crippen molar-refractivity contribution in [2.24, 2.45) is 0 Å². The quantitative estimate of drug-likeness (QED) is 0.593. The SMILES string of the molecule is N#Cc1ccc(NC2=CC(=O)N(CCO)C2=O)c(I)c1. The molecular formula is C13H10IN3O3. The molecule has 0 aliphatic carbocycles. The van der Waals surface area contributed by atoms with E-state index >= 15 is 0 Å². The molecule has 0 bridgehead atoms. The van der Waals surface area contributed by atoms with Crippen molar-refractivity contribution >= 4 is 40.1 Å². The molecule has 2 N–H and O–H groups in total. The summed E-state index contributed by atoms with van der Waals surface area (Å²) in [5, 5.41) is 20.5. The maximum atomic E-state index is 12.0. The van der Waals surface area contributed by atoms with Crippen LogP contribution in [0.2, 0.25) is 0 Å². The van der Waals surface area contributed by atoms with E-state index in [4.69, 9.17) is 10.4 Å². The molecule has 0 saturated heterocycles. The molecule has 2 rings (SSSR count). The number of anilines is 1. The van der Waals surface area contributed by atoms with E-state index in [1.165, 1.54) is 6.08 Å². The molecule has 0 saturated carbocycles. The molecular weight excluding hydrogens is 373 g/mol. The van der Waals surface area contributed by atoms with Crippen molar-refractivity contribution in [3.8, 4) is 6.07 Å². The summed E-state index contributed by atoms with van der Waals surface area (Å²) >= 11 is 2.04. The molecule has 1 aromatic carbocycles. The molecule has 0 aromatic heterocycles. The molecule has 7 heteroatoms. The van der Waals surface area contributed by atoms with Crippen molar-refractivity contribution in [1.82, 2.24) is 4.90 Å². The summed E-state index contributed by atoms with van der Waals surface area (Å²) in [4.78, 5) is 24.5. The van der Waals surface area contributed by atoms with Crippen LogP contribution in [0.1, 0.15) is 5.56 Å². The number of benzene rings is 1. The maximum absolute atomic E-state index is 12.0. The standard InChI is InChI=1S/C13H10IN3O3/c14-9-5-8(7-15)1-2-10(9)16-11-6-12(19)17(3-4-18)13(11)20/h1-2,5-6,16,18H,3-4H2. The number of β-amino-alcohol motifs (C(OH)–C–C–N with tert-alkyl or cyclic N) is 1. The van der Waals surface area contributed by atoms with Crippen molar-refractivity contribution < 1.29 is 14.7 Å². The van der Waals surface area contributed by atoms with Gasteiger partial charge in [-0.05, 0) is 40.8 Å². The lowest BCUT2D eigenvalue weighted by Gasteiger charge is -2.14. The maximum Gasteiger partial charge on any atom is 0.277 e. The highest BCUT2D eigenvalue weighted by atomic mass is 127. The van der Waals surface area contributed by atoms with Gasteiger partial charge in [0.25, 0.3) is 11.8 Å². The van der Waals surface area contributed by atoms with Crippen LogP contribution < -0.4 is 5.32 Å². The van der Waals surface area contributed by atoms with Gasteiger partial charge in [-0.25, -0.2) is 0 Å². The van der Waals surface area contributed by atoms with Crippen LogP contribution in [-0.2, 0) is 9.59 Å². The van der Waals surface area contributed by atoms with Gasteiger partial charge in [0.15, 0.2) is 0 Å². The second-order valence-corrected chi connectivity index (χ2v) is 5.17. The van der Waals surface area contributed by atoms with Gasteiger partial charge in [0, 0.05) is 9.65 Å². The molecule has 0 unspecified atom stereocenters. The lowest BCUT2D eigenvalue weighted by Crippen LogP contribution is -2.34. The highest BCUT2D eigenvalue weighted by Crippen LogP contribution is 2.23. The molecule has 0 atom stereocenters. The normalized spacial score (nSPS) is 14.2. The van der Waals surface area contributed by atoms with E-state index in [1.807, 2.05) is 28.7 Å². The molecule has 0 fully saturated rings. The van der Waals surface area contributed by atoms with E-state index in [0.29, 0.717) is 11.3 Å². The summed E-state index contributed by atoms with van der Waals surface area (Å²) in [7, 11) is 0. The summed E-state index contributed by atoms with van der Waals surface area (Å²) in [6, 6.07) is 7.00. The lowest BCUT2D eigenvalue weighted by atomic mass is 10.2. The fraction of sp³-hybridized carbons (Fsp3) is 0.154. The highest BCUT2D eigenvalue weighted by Gasteiger charge is 2.30. The number of amides is 2. The average Bonchev–Trinajstić information content (AvgIpc) is 2.69. The minimum absolute atomic E-state index is 0.0240. The number of halogens is 1. The zero-order chi connectivity index (χ0) is 14.7. The fourth-order valence-corrected chi connectivity index (χ4v) is 2.39. The minimum Gasteiger partial charge on any atom is -0.395 e. The Kier molecular flexibility index (Phi) is 4.36. The van der Waals surface area contributed by atoms with Gasteiger partial charge in [-0.1, -0.05) is 0 Å². The van der Waals surface area contributed by atoms with Crippen molar-refractivity contribution in [2.45, 2.75) is 0 Å². The summed E-state index contributed by atoms with van der Waals surface area (Å²) in [5.41, 5.74) is 1.32. The van der Waals surface area contributed by atoms with Crippen LogP contribution in [-0.4, -0.2) is 35.0 Å². The Morgan fingerprint density at radius 2 is 2.15 bits per heavy atom. The van der Waals surface area contributed by atoms with Crippen LogP contribution in [0.25, 0.3) is 0 Å². The highest BCUT2D eigenvalue weighted by molar-refractivity contribution is 14.1. The molecule has 1 aromatic rings. The first-order valence-corrected chi connectivity index (χ1v) is 6.79. The van der Waals surface area contributed by atoms with Gasteiger partial charge >= 0.3 is 0 Å². The van der Waals surface area contributed by atoms with Crippen LogP contribution in [0.4, 0.5) is 5.69 Å². The Labute approximate surface area is 128 Å². The zero-order valence-electron chi connectivity index (χ0n) is 10.3. The van der Waals surface area contributed by atoms with Gasteiger partial charge in [0.05, 0.1) is 30.5 Å². The average molecular weight is 383 g/mol. The van der Waals surface area contributed by atoms with Crippen LogP contribution in [0.5, 0.6) is 0 Å². The largest absolute Gasteiger partial charge is 0.395 e. The third-order valence-corrected chi connectivity index (χ3v) is 3.59. The summed E-state index contributed by atoms with van der Waals surface area (Å²) in [6.07, 6.45) is 1.20. The van der Waals surface area contributed by atoms with E-state index in [9.17, 15) is 9.59 Å². The summed E-state index contributed by atoms with van der Waals surface area (Å²) < 4.78 is 0.767. The first kappa shape index (κ1) is 14.5. The van der Waals surface area contributed by atoms with E-state index in [0.717, 1.165) is 8.47 Å². The minimum atomic E-state index is -0.468. The van der Waals surface area contributed by atoms with Gasteiger partial charge < -0.3 is 10.4 Å². The fourth-order valence-electron chi connectivity index (χ4n) is 1.74. The van der Waals surface area contributed by atoms with Gasteiger partial charge in [0.2, 0.25) is 0 Å². The van der Waals surface area contributed by atoms with Gasteiger partial charge in [-0.15, -0.1) is 0 Å². The molecule has 0 spiro atoms. The number of nitriles is 1. The van der Waals surface area contributed by atoms with Crippen molar-refractivity contribution in [3.63, 3.8) is 0 Å². The van der Waals surface area contributed by atoms with Gasteiger partial charge in [-0.3, -0.25) is 14.5 Å². The number of aliphatic hydroxyl groups excluding tert-OH is 1. The van der Waals surface area contributed by atoms with Crippen molar-refractivity contribution in [2.75, 3.05) is 18.5 Å². The van der Waals surface area contributed by atoms with Crippen LogP contribution in [0, 0.1) is 14.9 Å². The predicted octanol–water partition coefficient (Wildman–Crippen LogP) is 0.820. The first-order chi connectivity index (χ1) is 9.56. The van der Waals surface area contributed by atoms with Gasteiger partial charge in [0.1, 0.15) is 5.70 Å². The van der Waals surface area contributed by atoms with Crippen molar-refractivity contribution in [3.05, 3.63) is 39.1 Å². The molecule has 1 aliphatic heterocycles. The second kappa shape index (κ2) is 6.02. The Hall–Kier alpha value is -1.92. The van der Waals surface area contributed by atoms with E-state index < -0.39 is 11.8 Å². The van der Waals surface area contributed by atoms with Crippen LogP contribution in [0.15, 0.2) is 30.0 Å². The Bertz CT molecular complexity index is 649. The monoisotopic (exact) mass is 383 g/mol. The number of carbonyl (C=O) groups excluding carboxylic acids is 2. The predicted molar refractivity (Wildman–Crippen MR) is 79.4 cm³/mol. The number of rotatable bonds is 4. The number of nitrogens with zero attached hydrogens (tertiary/aromatic N) is 2. The molecule has 1 heterocycles. The number of carbonyl (C=O) groups is 2. The summed E-state index contributed by atoms with van der Waals surface area (Å²) in [5.74, 6) is -0.917. The van der Waals surface area contributed by atoms with Crippen LogP contribution >= 0.6 is 22.6 Å². The molecule has 2 amide bonds. The summed E-state index contributed by atoms with van der Waals surface area (Å²) in [6.45, 7) is -0.295. The Morgan fingerprint density at radius 3 is 2.75 bits per heavy atom. The lowest BCUT2D eigenvalue weighted by molar-refractivity contribution is -0.137. The Morgan fingerprint density at radius 1 is 1.40 bits per heavy atom. The Balaban J connectivity index is 2.19. The number of aliphatic hydroxyl groups is 1. The number of nitrogens with one attached hydrogen (secondary N) is 1. The molecule has 0 radical (unpaired) electrons. The third kappa shape index (κ3) is 2.81. The first-order valence-electron chi connectivity index (χ1n) is 5.72. The third-order valence-electron chi connectivity index (χ3n) is 2.70. The van der Waals surface area contributed by atoms with E-state index in [-0.39, 0.29) is 18.8 Å². The molecule has 6 nitrogen and oxygen atoms in total. The molecule has 1 aliphatic rings. The molecule has 20 heavy (non-hydrogen) atoms. The topological polar surface area (TPSA) is 93.4 Å². The molecule has 102 valence electrons. The van der Waals surface area contributed by atoms with E-state index in [1.54, 1.807) is 18.2 Å². The number of hydrogen-bond donors (Lipinski definition) is 2.